The number of halogens is 3. The predicted octanol–water partition coefficient (Wildman–Crippen LogP) is 5.25. The van der Waals surface area contributed by atoms with Crippen LogP contribution in [0, 0.1) is 0 Å². The summed E-state index contributed by atoms with van der Waals surface area (Å²) in [5, 5.41) is 1.19. The Kier molecular flexibility index (Phi) is 4.12. The number of hydrogen-bond donors (Lipinski definition) is 0. The van der Waals surface area contributed by atoms with Crippen LogP contribution in [0.25, 0.3) is 0 Å². The molecule has 0 radical (unpaired) electrons. The maximum Gasteiger partial charge on any atom is 0.156 e. The first kappa shape index (κ1) is 13.2. The second kappa shape index (κ2) is 5.61. The summed E-state index contributed by atoms with van der Waals surface area (Å²) in [6, 6.07) is 9.72. The van der Waals surface area contributed by atoms with Crippen LogP contribution in [0.2, 0.25) is 15.1 Å². The van der Waals surface area contributed by atoms with Crippen molar-refractivity contribution in [1.82, 2.24) is 0 Å². The van der Waals surface area contributed by atoms with Gasteiger partial charge in [0.1, 0.15) is 5.75 Å². The highest BCUT2D eigenvalue weighted by molar-refractivity contribution is 6.35. The van der Waals surface area contributed by atoms with E-state index in [0.717, 1.165) is 0 Å². The third-order valence-corrected chi connectivity index (χ3v) is 3.06. The second-order valence-electron chi connectivity index (χ2n) is 3.45. The summed E-state index contributed by atoms with van der Waals surface area (Å²) in [5.41, 5.74) is 0.355. The average molecular weight is 302 g/mol. The monoisotopic (exact) mass is 300 g/mol. The van der Waals surface area contributed by atoms with Gasteiger partial charge in [-0.25, -0.2) is 0 Å². The van der Waals surface area contributed by atoms with E-state index in [1.807, 2.05) is 0 Å². The van der Waals surface area contributed by atoms with Gasteiger partial charge >= 0.3 is 0 Å². The minimum atomic E-state index is 0.276. The topological polar surface area (TPSA) is 26.3 Å². The van der Waals surface area contributed by atoms with Crippen molar-refractivity contribution >= 4 is 41.1 Å². The Morgan fingerprint density at radius 1 is 1.00 bits per heavy atom. The van der Waals surface area contributed by atoms with E-state index >= 15 is 0 Å². The highest BCUT2D eigenvalue weighted by atomic mass is 35.5. The van der Waals surface area contributed by atoms with Gasteiger partial charge in [0.05, 0.1) is 15.6 Å². The highest BCUT2D eigenvalue weighted by Gasteiger charge is 2.11. The van der Waals surface area contributed by atoms with Crippen molar-refractivity contribution in [3.63, 3.8) is 0 Å². The molecule has 0 saturated carbocycles. The second-order valence-corrected chi connectivity index (χ2v) is 4.70. The minimum Gasteiger partial charge on any atom is -0.453 e. The Labute approximate surface area is 119 Å². The standard InChI is InChI=1S/C13H7Cl3O2/c14-9-4-5-12(11(16)6-9)18-13-8(7-17)2-1-3-10(13)15/h1-7H. The van der Waals surface area contributed by atoms with E-state index in [0.29, 0.717) is 32.7 Å². The van der Waals surface area contributed by atoms with Crippen LogP contribution in [0.15, 0.2) is 36.4 Å². The molecule has 0 heterocycles. The first-order valence-electron chi connectivity index (χ1n) is 4.98. The zero-order chi connectivity index (χ0) is 13.1. The fourth-order valence-corrected chi connectivity index (χ4v) is 2.06. The lowest BCUT2D eigenvalue weighted by atomic mass is 10.2. The zero-order valence-corrected chi connectivity index (χ0v) is 11.3. The number of ether oxygens (including phenoxy) is 1. The van der Waals surface area contributed by atoms with Crippen molar-refractivity contribution in [2.24, 2.45) is 0 Å². The van der Waals surface area contributed by atoms with Crippen LogP contribution in [-0.2, 0) is 0 Å². The van der Waals surface area contributed by atoms with Crippen LogP contribution >= 0.6 is 34.8 Å². The molecule has 92 valence electrons. The van der Waals surface area contributed by atoms with Crippen LogP contribution < -0.4 is 4.74 Å². The van der Waals surface area contributed by atoms with Gasteiger partial charge in [0.2, 0.25) is 0 Å². The summed E-state index contributed by atoms with van der Waals surface area (Å²) in [5.74, 6) is 0.663. The summed E-state index contributed by atoms with van der Waals surface area (Å²) in [4.78, 5) is 10.9. The van der Waals surface area contributed by atoms with E-state index in [9.17, 15) is 4.79 Å². The Morgan fingerprint density at radius 3 is 2.44 bits per heavy atom. The molecule has 0 atom stereocenters. The maximum absolute atomic E-state index is 10.9. The lowest BCUT2D eigenvalue weighted by molar-refractivity contribution is 0.112. The Balaban J connectivity index is 2.42. The SMILES string of the molecule is O=Cc1cccc(Cl)c1Oc1ccc(Cl)cc1Cl. The zero-order valence-electron chi connectivity index (χ0n) is 8.99. The van der Waals surface area contributed by atoms with E-state index in [4.69, 9.17) is 39.5 Å². The summed E-state index contributed by atoms with van der Waals surface area (Å²) in [7, 11) is 0. The van der Waals surface area contributed by atoms with Crippen LogP contribution in [0.1, 0.15) is 10.4 Å². The first-order chi connectivity index (χ1) is 8.61. The van der Waals surface area contributed by atoms with Crippen molar-refractivity contribution in [1.29, 1.82) is 0 Å². The molecule has 0 aliphatic heterocycles. The smallest absolute Gasteiger partial charge is 0.156 e. The Bertz CT molecular complexity index is 597. The quantitative estimate of drug-likeness (QED) is 0.724. The Morgan fingerprint density at radius 2 is 1.78 bits per heavy atom. The Hall–Kier alpha value is -1.22. The molecular weight excluding hydrogens is 294 g/mol. The molecule has 0 saturated heterocycles. The molecule has 0 unspecified atom stereocenters. The van der Waals surface area contributed by atoms with Gasteiger partial charge in [0.15, 0.2) is 12.0 Å². The third-order valence-electron chi connectivity index (χ3n) is 2.23. The molecule has 2 aromatic carbocycles. The predicted molar refractivity (Wildman–Crippen MR) is 73.4 cm³/mol. The summed E-state index contributed by atoms with van der Waals surface area (Å²) < 4.78 is 5.56. The van der Waals surface area contributed by atoms with Crippen molar-refractivity contribution in [2.75, 3.05) is 0 Å². The molecule has 0 aromatic heterocycles. The average Bonchev–Trinajstić information content (AvgIpc) is 2.34. The summed E-state index contributed by atoms with van der Waals surface area (Å²) in [6.45, 7) is 0. The molecular formula is C13H7Cl3O2. The fraction of sp³-hybridized carbons (Fsp3) is 0. The fourth-order valence-electron chi connectivity index (χ4n) is 1.39. The lowest BCUT2D eigenvalue weighted by Crippen LogP contribution is -1.92. The first-order valence-corrected chi connectivity index (χ1v) is 6.12. The molecule has 0 aliphatic carbocycles. The molecule has 2 aromatic rings. The minimum absolute atomic E-state index is 0.276. The van der Waals surface area contributed by atoms with Crippen molar-refractivity contribution in [2.45, 2.75) is 0 Å². The van der Waals surface area contributed by atoms with Crippen LogP contribution in [0.3, 0.4) is 0 Å². The maximum atomic E-state index is 10.9. The van der Waals surface area contributed by atoms with E-state index in [1.165, 1.54) is 0 Å². The molecule has 0 aliphatic rings. The van der Waals surface area contributed by atoms with Crippen molar-refractivity contribution in [3.05, 3.63) is 57.0 Å². The van der Waals surface area contributed by atoms with E-state index in [-0.39, 0.29) is 5.75 Å². The van der Waals surface area contributed by atoms with Gasteiger partial charge in [-0.3, -0.25) is 4.79 Å². The molecule has 2 rings (SSSR count). The van der Waals surface area contributed by atoms with Gasteiger partial charge in [-0.1, -0.05) is 40.9 Å². The molecule has 5 heteroatoms. The van der Waals surface area contributed by atoms with Crippen LogP contribution in [0.4, 0.5) is 0 Å². The lowest BCUT2D eigenvalue weighted by Gasteiger charge is -2.11. The molecule has 2 nitrogen and oxygen atoms in total. The third kappa shape index (κ3) is 2.78. The van der Waals surface area contributed by atoms with E-state index in [2.05, 4.69) is 0 Å². The summed E-state index contributed by atoms with van der Waals surface area (Å²) >= 11 is 17.8. The van der Waals surface area contributed by atoms with Crippen molar-refractivity contribution in [3.8, 4) is 11.5 Å². The molecule has 0 fully saturated rings. The molecule has 0 spiro atoms. The number of rotatable bonds is 3. The number of carbonyl (C=O) groups excluding carboxylic acids is 1. The largest absolute Gasteiger partial charge is 0.453 e. The normalized spacial score (nSPS) is 10.2. The van der Waals surface area contributed by atoms with Gasteiger partial charge in [0.25, 0.3) is 0 Å². The van der Waals surface area contributed by atoms with E-state index < -0.39 is 0 Å². The number of hydrogen-bond acceptors (Lipinski definition) is 2. The number of para-hydroxylation sites is 1. The number of carbonyl (C=O) groups is 1. The summed E-state index contributed by atoms with van der Waals surface area (Å²) in [6.07, 6.45) is 0.672. The van der Waals surface area contributed by atoms with Gasteiger partial charge in [-0.15, -0.1) is 0 Å². The van der Waals surface area contributed by atoms with Gasteiger partial charge < -0.3 is 4.74 Å². The van der Waals surface area contributed by atoms with Crippen LogP contribution in [0.5, 0.6) is 11.5 Å². The van der Waals surface area contributed by atoms with Crippen LogP contribution in [-0.4, -0.2) is 6.29 Å². The number of benzene rings is 2. The van der Waals surface area contributed by atoms with E-state index in [1.54, 1.807) is 36.4 Å². The molecule has 0 amide bonds. The molecule has 0 N–H and O–H groups in total. The van der Waals surface area contributed by atoms with Gasteiger partial charge in [-0.2, -0.15) is 0 Å². The van der Waals surface area contributed by atoms with Crippen molar-refractivity contribution < 1.29 is 9.53 Å². The molecule has 18 heavy (non-hydrogen) atoms. The highest BCUT2D eigenvalue weighted by Crippen LogP contribution is 2.36. The number of aldehydes is 1. The van der Waals surface area contributed by atoms with Gasteiger partial charge in [0, 0.05) is 5.02 Å². The van der Waals surface area contributed by atoms with Gasteiger partial charge in [-0.05, 0) is 30.3 Å². The molecule has 0 bridgehead atoms.